The molecule has 0 aliphatic carbocycles. The first-order valence-corrected chi connectivity index (χ1v) is 10.3. The summed E-state index contributed by atoms with van der Waals surface area (Å²) in [4.78, 5) is 36.9. The van der Waals surface area contributed by atoms with Crippen LogP contribution in [0.5, 0.6) is 5.75 Å². The maximum atomic E-state index is 12.6. The van der Waals surface area contributed by atoms with E-state index in [1.807, 2.05) is 19.1 Å². The number of carbonyl (C=O) groups is 2. The van der Waals surface area contributed by atoms with E-state index in [-0.39, 0.29) is 24.6 Å². The number of ketones is 1. The molecule has 0 spiro atoms. The van der Waals surface area contributed by atoms with Crippen LogP contribution in [0.1, 0.15) is 47.3 Å². The Morgan fingerprint density at radius 3 is 2.42 bits per heavy atom. The summed E-state index contributed by atoms with van der Waals surface area (Å²) >= 11 is 0. The summed E-state index contributed by atoms with van der Waals surface area (Å²) in [6.07, 6.45) is -0.331. The largest absolute Gasteiger partial charge is 0.482 e. The number of hydrogen-bond donors (Lipinski definition) is 0. The fourth-order valence-electron chi connectivity index (χ4n) is 3.53. The lowest BCUT2D eigenvalue weighted by atomic mass is 10.0. The van der Waals surface area contributed by atoms with E-state index in [2.05, 4.69) is 0 Å². The van der Waals surface area contributed by atoms with E-state index in [1.165, 1.54) is 0 Å². The number of fused-ring (bicyclic) bond motifs is 1. The molecule has 0 saturated carbocycles. The SMILES string of the molecule is CCOC(=O)CCc1c(C)c2ccc(O[C@@H](C)C(=O)c3ccccc3)c(C)c2oc1=O. The van der Waals surface area contributed by atoms with E-state index < -0.39 is 11.7 Å². The summed E-state index contributed by atoms with van der Waals surface area (Å²) in [6.45, 7) is 7.36. The van der Waals surface area contributed by atoms with Gasteiger partial charge in [-0.25, -0.2) is 4.79 Å². The molecule has 0 saturated heterocycles. The summed E-state index contributed by atoms with van der Waals surface area (Å²) in [5.41, 5.74) is 2.37. The Labute approximate surface area is 180 Å². The van der Waals surface area contributed by atoms with Crippen LogP contribution in [-0.4, -0.2) is 24.5 Å². The molecular formula is C25H26O6. The molecular weight excluding hydrogens is 396 g/mol. The molecule has 0 fully saturated rings. The van der Waals surface area contributed by atoms with Gasteiger partial charge in [-0.05, 0) is 51.8 Å². The highest BCUT2D eigenvalue weighted by Crippen LogP contribution is 2.30. The fourth-order valence-corrected chi connectivity index (χ4v) is 3.53. The highest BCUT2D eigenvalue weighted by Gasteiger charge is 2.20. The minimum atomic E-state index is -0.699. The minimum absolute atomic E-state index is 0.115. The lowest BCUT2D eigenvalue weighted by Crippen LogP contribution is -2.24. The molecule has 31 heavy (non-hydrogen) atoms. The average molecular weight is 422 g/mol. The number of carbonyl (C=O) groups excluding carboxylic acids is 2. The van der Waals surface area contributed by atoms with E-state index >= 15 is 0 Å². The van der Waals surface area contributed by atoms with Gasteiger partial charge >= 0.3 is 11.6 Å². The molecule has 0 radical (unpaired) electrons. The Hall–Kier alpha value is -3.41. The van der Waals surface area contributed by atoms with Crippen molar-refractivity contribution in [2.45, 2.75) is 46.6 Å². The highest BCUT2D eigenvalue weighted by molar-refractivity contribution is 5.99. The topological polar surface area (TPSA) is 82.8 Å². The van der Waals surface area contributed by atoms with Gasteiger partial charge in [-0.1, -0.05) is 30.3 Å². The Morgan fingerprint density at radius 2 is 1.74 bits per heavy atom. The summed E-state index contributed by atoms with van der Waals surface area (Å²) in [6, 6.07) is 12.5. The van der Waals surface area contributed by atoms with Crippen LogP contribution < -0.4 is 10.4 Å². The van der Waals surface area contributed by atoms with Gasteiger partial charge in [-0.3, -0.25) is 9.59 Å². The second-order valence-electron chi connectivity index (χ2n) is 7.35. The van der Waals surface area contributed by atoms with Gasteiger partial charge in [0.05, 0.1) is 6.61 Å². The van der Waals surface area contributed by atoms with Crippen molar-refractivity contribution >= 4 is 22.7 Å². The normalized spacial score (nSPS) is 11.9. The van der Waals surface area contributed by atoms with Gasteiger partial charge < -0.3 is 13.9 Å². The highest BCUT2D eigenvalue weighted by atomic mass is 16.5. The molecule has 1 aromatic heterocycles. The van der Waals surface area contributed by atoms with E-state index in [0.29, 0.717) is 34.6 Å². The van der Waals surface area contributed by atoms with Gasteiger partial charge in [-0.2, -0.15) is 0 Å². The molecule has 6 nitrogen and oxygen atoms in total. The van der Waals surface area contributed by atoms with Gasteiger partial charge in [0.2, 0.25) is 5.78 Å². The zero-order chi connectivity index (χ0) is 22.5. The molecule has 3 aromatic rings. The van der Waals surface area contributed by atoms with Crippen molar-refractivity contribution in [3.63, 3.8) is 0 Å². The monoisotopic (exact) mass is 422 g/mol. The molecule has 6 heteroatoms. The second kappa shape index (κ2) is 9.60. The van der Waals surface area contributed by atoms with Gasteiger partial charge in [0.15, 0.2) is 6.10 Å². The quantitative estimate of drug-likeness (QED) is 0.301. The second-order valence-corrected chi connectivity index (χ2v) is 7.35. The van der Waals surface area contributed by atoms with E-state index in [4.69, 9.17) is 13.9 Å². The maximum absolute atomic E-state index is 12.6. The molecule has 1 atom stereocenters. The summed E-state index contributed by atoms with van der Waals surface area (Å²) < 4.78 is 16.4. The van der Waals surface area contributed by atoms with Gasteiger partial charge in [0, 0.05) is 28.5 Å². The van der Waals surface area contributed by atoms with Gasteiger partial charge in [-0.15, -0.1) is 0 Å². The first kappa shape index (κ1) is 22.3. The van der Waals surface area contributed by atoms with Crippen molar-refractivity contribution in [3.8, 4) is 5.75 Å². The minimum Gasteiger partial charge on any atom is -0.482 e. The lowest BCUT2D eigenvalue weighted by molar-refractivity contribution is -0.143. The first-order chi connectivity index (χ1) is 14.8. The number of ether oxygens (including phenoxy) is 2. The van der Waals surface area contributed by atoms with Crippen LogP contribution in [0.2, 0.25) is 0 Å². The van der Waals surface area contributed by atoms with Crippen LogP contribution in [0.3, 0.4) is 0 Å². The smallest absolute Gasteiger partial charge is 0.339 e. The summed E-state index contributed by atoms with van der Waals surface area (Å²) in [5.74, 6) is -0.00320. The number of aryl methyl sites for hydroxylation is 2. The maximum Gasteiger partial charge on any atom is 0.339 e. The van der Waals surface area contributed by atoms with Crippen molar-refractivity contribution < 1.29 is 23.5 Å². The predicted octanol–water partition coefficient (Wildman–Crippen LogP) is 4.56. The van der Waals surface area contributed by atoms with Crippen LogP contribution in [0.15, 0.2) is 51.7 Å². The number of rotatable bonds is 8. The van der Waals surface area contributed by atoms with Crippen LogP contribution >= 0.6 is 0 Å². The standard InChI is InChI=1S/C25H26O6/c1-5-29-22(26)14-12-20-15(2)19-11-13-21(16(3)24(19)31-25(20)28)30-17(4)23(27)18-9-7-6-8-10-18/h6-11,13,17H,5,12,14H2,1-4H3/t17-/m0/s1. The van der Waals surface area contributed by atoms with Crippen LogP contribution in [0, 0.1) is 13.8 Å². The van der Waals surface area contributed by atoms with Crippen LogP contribution in [0.4, 0.5) is 0 Å². The van der Waals surface area contributed by atoms with Crippen molar-refractivity contribution in [2.24, 2.45) is 0 Å². The summed E-state index contributed by atoms with van der Waals surface area (Å²) in [5, 5.41) is 0.769. The third-order valence-electron chi connectivity index (χ3n) is 5.27. The molecule has 0 unspecified atom stereocenters. The Balaban J connectivity index is 1.88. The van der Waals surface area contributed by atoms with Crippen LogP contribution in [0.25, 0.3) is 11.0 Å². The lowest BCUT2D eigenvalue weighted by Gasteiger charge is -2.17. The molecule has 3 rings (SSSR count). The number of hydrogen-bond acceptors (Lipinski definition) is 6. The molecule has 0 amide bonds. The molecule has 0 bridgehead atoms. The van der Waals surface area contributed by atoms with Crippen molar-refractivity contribution in [1.82, 2.24) is 0 Å². The van der Waals surface area contributed by atoms with Crippen molar-refractivity contribution in [2.75, 3.05) is 6.61 Å². The number of Topliss-reactive ketones (excluding diaryl/α,β-unsaturated/α-hetero) is 1. The average Bonchev–Trinajstić information content (AvgIpc) is 2.76. The Bertz CT molecular complexity index is 1160. The zero-order valence-electron chi connectivity index (χ0n) is 18.2. The third-order valence-corrected chi connectivity index (χ3v) is 5.27. The van der Waals surface area contributed by atoms with E-state index in [1.54, 1.807) is 51.1 Å². The van der Waals surface area contributed by atoms with Gasteiger partial charge in [0.1, 0.15) is 11.3 Å². The van der Waals surface area contributed by atoms with Gasteiger partial charge in [0.25, 0.3) is 0 Å². The van der Waals surface area contributed by atoms with Crippen LogP contribution in [-0.2, 0) is 16.0 Å². The molecule has 1 heterocycles. The Morgan fingerprint density at radius 1 is 1.03 bits per heavy atom. The van der Waals surface area contributed by atoms with Crippen molar-refractivity contribution in [3.05, 3.63) is 75.1 Å². The molecule has 0 aliphatic heterocycles. The number of esters is 1. The Kier molecular flexibility index (Phi) is 6.90. The first-order valence-electron chi connectivity index (χ1n) is 10.3. The van der Waals surface area contributed by atoms with E-state index in [0.717, 1.165) is 10.9 Å². The predicted molar refractivity (Wildman–Crippen MR) is 118 cm³/mol. The molecule has 0 N–H and O–H groups in total. The van der Waals surface area contributed by atoms with E-state index in [9.17, 15) is 14.4 Å². The molecule has 0 aliphatic rings. The number of benzene rings is 2. The third kappa shape index (κ3) is 4.85. The molecule has 2 aromatic carbocycles. The van der Waals surface area contributed by atoms with Crippen molar-refractivity contribution in [1.29, 1.82) is 0 Å². The zero-order valence-corrected chi connectivity index (χ0v) is 18.2. The summed E-state index contributed by atoms with van der Waals surface area (Å²) in [7, 11) is 0. The fraction of sp³-hybridized carbons (Fsp3) is 0.320. The molecule has 162 valence electrons.